The fourth-order valence-electron chi connectivity index (χ4n) is 4.31. The van der Waals surface area contributed by atoms with E-state index < -0.39 is 90.5 Å². The maximum atomic E-state index is 13.0. The third-order valence-corrected chi connectivity index (χ3v) is 6.02. The second kappa shape index (κ2) is 15.2. The monoisotopic (exact) mass is 627 g/mol. The lowest BCUT2D eigenvalue weighted by Crippen LogP contribution is -2.60. The molecular weight excluding hydrogens is 590 g/mol. The van der Waals surface area contributed by atoms with E-state index in [1.807, 2.05) is 0 Å². The zero-order chi connectivity index (χ0) is 33.4. The molecule has 0 aliphatic carbocycles. The molecule has 6 atom stereocenters. The molecule has 1 fully saturated rings. The highest BCUT2D eigenvalue weighted by Crippen LogP contribution is 2.34. The molecule has 0 spiro atoms. The molecule has 1 aromatic heterocycles. The minimum atomic E-state index is -1.45. The van der Waals surface area contributed by atoms with Crippen molar-refractivity contribution in [2.24, 2.45) is 0 Å². The average molecular weight is 628 g/mol. The van der Waals surface area contributed by atoms with E-state index >= 15 is 0 Å². The molecule has 1 aliphatic rings. The maximum Gasteiger partial charge on any atom is 0.330 e. The van der Waals surface area contributed by atoms with E-state index in [1.54, 1.807) is 0 Å². The molecule has 2 rings (SSSR count). The van der Waals surface area contributed by atoms with Crippen LogP contribution >= 0.6 is 0 Å². The summed E-state index contributed by atoms with van der Waals surface area (Å²) in [5, 5.41) is 13.0. The quantitative estimate of drug-likeness (QED) is 0.201. The first-order valence-electron chi connectivity index (χ1n) is 13.3. The van der Waals surface area contributed by atoms with Crippen LogP contribution in [0, 0.1) is 0 Å². The van der Waals surface area contributed by atoms with Crippen molar-refractivity contribution in [3.8, 4) is 0 Å². The normalized spacial score (nSPS) is 22.0. The highest BCUT2D eigenvalue weighted by Gasteiger charge is 2.53. The second-order valence-corrected chi connectivity index (χ2v) is 10.3. The van der Waals surface area contributed by atoms with Crippen molar-refractivity contribution >= 4 is 41.7 Å². The fraction of sp³-hybridized carbons (Fsp3) is 0.654. The van der Waals surface area contributed by atoms with E-state index in [0.29, 0.717) is 0 Å². The Kier molecular flexibility index (Phi) is 12.3. The van der Waals surface area contributed by atoms with Crippen LogP contribution in [0.1, 0.15) is 60.4 Å². The van der Waals surface area contributed by atoms with Crippen LogP contribution in [0.4, 0.5) is 0 Å². The molecular formula is C26H37N5O13. The molecule has 18 nitrogen and oxygen atoms in total. The predicted molar refractivity (Wildman–Crippen MR) is 143 cm³/mol. The van der Waals surface area contributed by atoms with E-state index in [-0.39, 0.29) is 12.1 Å². The molecule has 0 aromatic carbocycles. The number of nitrogens with one attached hydrogen (secondary N) is 2. The van der Waals surface area contributed by atoms with Crippen molar-refractivity contribution in [3.05, 3.63) is 11.9 Å². The lowest BCUT2D eigenvalue weighted by atomic mass is 9.97. The summed E-state index contributed by atoms with van der Waals surface area (Å²) in [6.07, 6.45) is -5.75. The van der Waals surface area contributed by atoms with E-state index in [2.05, 4.69) is 20.9 Å². The van der Waals surface area contributed by atoms with Crippen molar-refractivity contribution in [2.75, 3.05) is 13.7 Å². The number of ether oxygens (including phenoxy) is 6. The Morgan fingerprint density at radius 1 is 0.909 bits per heavy atom. The number of hydrogen-bond acceptors (Lipinski definition) is 15. The Balaban J connectivity index is 2.48. The average Bonchev–Trinajstić information content (AvgIpc) is 3.35. The summed E-state index contributed by atoms with van der Waals surface area (Å²) in [6, 6.07) is -1.21. The molecule has 2 heterocycles. The molecule has 244 valence electrons. The van der Waals surface area contributed by atoms with Crippen LogP contribution in [0.25, 0.3) is 0 Å². The summed E-state index contributed by atoms with van der Waals surface area (Å²) in [5.41, 5.74) is -1.28. The summed E-state index contributed by atoms with van der Waals surface area (Å²) >= 11 is 0. The minimum absolute atomic E-state index is 0.141. The molecule has 2 amide bonds. The summed E-state index contributed by atoms with van der Waals surface area (Å²) in [5.74, 6) is -5.08. The Bertz CT molecular complexity index is 1260. The first kappa shape index (κ1) is 35.6. The Labute approximate surface area is 252 Å². The van der Waals surface area contributed by atoms with Crippen LogP contribution in [0.5, 0.6) is 0 Å². The van der Waals surface area contributed by atoms with Crippen molar-refractivity contribution < 1.29 is 62.0 Å². The number of aromatic nitrogens is 3. The molecule has 0 bridgehead atoms. The highest BCUT2D eigenvalue weighted by atomic mass is 16.7. The standard InChI is InChI=1S/C26H37N5O13/c1-12(32)27-18(23(37)28-26(6,7)25(38)39-8)9-17-10-31(30-29-17)24-22(43-16(5)36)21(42-15(4)35)20(41-14(3)34)19(44-24)11-40-13(2)33/h10,18-22,24H,9,11H2,1-8H3,(H,27,32)(H,28,37)/t18-,19+,20+,21-,22-,24-/m0/s1. The van der Waals surface area contributed by atoms with Gasteiger partial charge in [-0.05, 0) is 13.8 Å². The van der Waals surface area contributed by atoms with Gasteiger partial charge in [-0.1, -0.05) is 5.21 Å². The van der Waals surface area contributed by atoms with Gasteiger partial charge in [0.25, 0.3) is 0 Å². The number of nitrogens with zero attached hydrogens (tertiary/aromatic N) is 3. The largest absolute Gasteiger partial charge is 0.467 e. The van der Waals surface area contributed by atoms with Gasteiger partial charge < -0.3 is 39.1 Å². The number of rotatable bonds is 12. The maximum absolute atomic E-state index is 13.0. The van der Waals surface area contributed by atoms with Crippen LogP contribution < -0.4 is 10.6 Å². The van der Waals surface area contributed by atoms with Gasteiger partial charge >= 0.3 is 29.8 Å². The van der Waals surface area contributed by atoms with Crippen molar-refractivity contribution in [3.63, 3.8) is 0 Å². The number of amides is 2. The van der Waals surface area contributed by atoms with Crippen molar-refractivity contribution in [2.45, 2.75) is 97.1 Å². The smallest absolute Gasteiger partial charge is 0.330 e. The topological polar surface area (TPSA) is 230 Å². The lowest BCUT2D eigenvalue weighted by Gasteiger charge is -2.44. The molecule has 0 unspecified atom stereocenters. The molecule has 1 saturated heterocycles. The van der Waals surface area contributed by atoms with Gasteiger partial charge in [-0.2, -0.15) is 0 Å². The predicted octanol–water partition coefficient (Wildman–Crippen LogP) is -1.35. The SMILES string of the molecule is COC(=O)C(C)(C)NC(=O)[C@H](Cc1cn([C@H]2O[C@H](COC(C)=O)[C@@H](OC(C)=O)[C@H](OC(C)=O)[C@@H]2OC(C)=O)nn1)NC(C)=O. The first-order valence-corrected chi connectivity index (χ1v) is 13.3. The molecule has 1 aromatic rings. The van der Waals surface area contributed by atoms with Crippen LogP contribution in [0.15, 0.2) is 6.20 Å². The van der Waals surface area contributed by atoms with Crippen LogP contribution in [0.3, 0.4) is 0 Å². The Morgan fingerprint density at radius 3 is 2.00 bits per heavy atom. The Hall–Kier alpha value is -4.61. The van der Waals surface area contributed by atoms with E-state index in [4.69, 9.17) is 28.4 Å². The number of methoxy groups -OCH3 is 1. The van der Waals surface area contributed by atoms with Crippen LogP contribution in [0.2, 0.25) is 0 Å². The second-order valence-electron chi connectivity index (χ2n) is 10.3. The van der Waals surface area contributed by atoms with Gasteiger partial charge in [-0.25, -0.2) is 9.48 Å². The van der Waals surface area contributed by atoms with Gasteiger partial charge in [0.2, 0.25) is 11.8 Å². The van der Waals surface area contributed by atoms with Gasteiger partial charge in [0.15, 0.2) is 24.5 Å². The number of hydrogen-bond donors (Lipinski definition) is 2. The first-order chi connectivity index (χ1) is 20.4. The fourth-order valence-corrected chi connectivity index (χ4v) is 4.31. The zero-order valence-corrected chi connectivity index (χ0v) is 25.6. The molecule has 18 heteroatoms. The zero-order valence-electron chi connectivity index (χ0n) is 25.6. The summed E-state index contributed by atoms with van der Waals surface area (Å²) in [4.78, 5) is 84.6. The van der Waals surface area contributed by atoms with Crippen molar-refractivity contribution in [1.29, 1.82) is 0 Å². The van der Waals surface area contributed by atoms with Gasteiger partial charge in [0, 0.05) is 41.0 Å². The molecule has 0 radical (unpaired) electrons. The van der Waals surface area contributed by atoms with E-state index in [1.165, 1.54) is 27.0 Å². The third-order valence-electron chi connectivity index (χ3n) is 6.02. The summed E-state index contributed by atoms with van der Waals surface area (Å²) in [7, 11) is 1.16. The van der Waals surface area contributed by atoms with Crippen LogP contribution in [-0.2, 0) is 68.4 Å². The number of carbonyl (C=O) groups is 7. The van der Waals surface area contributed by atoms with E-state index in [9.17, 15) is 33.6 Å². The van der Waals surface area contributed by atoms with E-state index in [0.717, 1.165) is 39.5 Å². The Morgan fingerprint density at radius 2 is 1.48 bits per heavy atom. The minimum Gasteiger partial charge on any atom is -0.467 e. The van der Waals surface area contributed by atoms with Crippen LogP contribution in [-0.4, -0.2) is 106 Å². The van der Waals surface area contributed by atoms with Crippen molar-refractivity contribution in [1.82, 2.24) is 25.6 Å². The third kappa shape index (κ3) is 9.99. The molecule has 1 aliphatic heterocycles. The number of esters is 5. The number of carbonyl (C=O) groups excluding carboxylic acids is 7. The molecule has 0 saturated carbocycles. The van der Waals surface area contributed by atoms with Gasteiger partial charge in [-0.3, -0.25) is 28.8 Å². The summed E-state index contributed by atoms with van der Waals surface area (Å²) in [6.45, 7) is 8.00. The van der Waals surface area contributed by atoms with Gasteiger partial charge in [-0.15, -0.1) is 5.10 Å². The lowest BCUT2D eigenvalue weighted by molar-refractivity contribution is -0.270. The van der Waals surface area contributed by atoms with Gasteiger partial charge in [0.1, 0.15) is 24.3 Å². The molecule has 2 N–H and O–H groups in total. The molecule has 44 heavy (non-hydrogen) atoms. The highest BCUT2D eigenvalue weighted by molar-refractivity contribution is 5.92. The van der Waals surface area contributed by atoms with Gasteiger partial charge in [0.05, 0.1) is 19.0 Å². The summed E-state index contributed by atoms with van der Waals surface area (Å²) < 4.78 is 33.1.